The van der Waals surface area contributed by atoms with Crippen molar-refractivity contribution in [2.45, 2.75) is 11.8 Å². The predicted octanol–water partition coefficient (Wildman–Crippen LogP) is 4.28. The molecule has 2 aromatic carbocycles. The lowest BCUT2D eigenvalue weighted by Crippen LogP contribution is -2.41. The van der Waals surface area contributed by atoms with Crippen LogP contribution in [-0.2, 0) is 14.8 Å². The molecule has 0 saturated heterocycles. The number of carbonyl (C=O) groups is 1. The summed E-state index contributed by atoms with van der Waals surface area (Å²) in [7, 11) is -2.44. The molecule has 0 unspecified atom stereocenters. The zero-order valence-corrected chi connectivity index (χ0v) is 18.2. The van der Waals surface area contributed by atoms with E-state index in [4.69, 9.17) is 23.2 Å². The quantitative estimate of drug-likeness (QED) is 0.553. The summed E-state index contributed by atoms with van der Waals surface area (Å²) >= 11 is 13.2. The minimum Gasteiger partial charge on any atom is -0.287 e. The molecule has 0 aliphatic heterocycles. The molecule has 1 amide bonds. The molecule has 1 heterocycles. The standard InChI is InChI=1S/C18H17Cl2N3O3S2/c1-3-23(18-21-15-10-13(20)6-9-16(15)27-18)17(24)11-22(2)28(25,26)14-7-4-12(19)5-8-14/h4-10H,3,11H2,1-2H3. The molecular formula is C18H17Cl2N3O3S2. The van der Waals surface area contributed by atoms with Crippen LogP contribution in [0.5, 0.6) is 0 Å². The van der Waals surface area contributed by atoms with Crippen molar-refractivity contribution in [3.8, 4) is 0 Å². The van der Waals surface area contributed by atoms with Crippen molar-refractivity contribution in [3.63, 3.8) is 0 Å². The summed E-state index contributed by atoms with van der Waals surface area (Å²) in [4.78, 5) is 18.8. The van der Waals surface area contributed by atoms with E-state index in [-0.39, 0.29) is 17.3 Å². The van der Waals surface area contributed by atoms with Crippen LogP contribution in [0.25, 0.3) is 10.2 Å². The minimum absolute atomic E-state index is 0.0740. The number of sulfonamides is 1. The molecule has 6 nitrogen and oxygen atoms in total. The summed E-state index contributed by atoms with van der Waals surface area (Å²) in [6.45, 7) is 1.86. The van der Waals surface area contributed by atoms with Gasteiger partial charge in [0.05, 0.1) is 21.7 Å². The van der Waals surface area contributed by atoms with E-state index in [2.05, 4.69) is 4.98 Å². The molecule has 3 aromatic rings. The Morgan fingerprint density at radius 1 is 1.11 bits per heavy atom. The van der Waals surface area contributed by atoms with Gasteiger partial charge in [-0.05, 0) is 49.4 Å². The maximum atomic E-state index is 12.8. The van der Waals surface area contributed by atoms with Crippen LogP contribution in [0.4, 0.5) is 5.13 Å². The maximum absolute atomic E-state index is 12.8. The van der Waals surface area contributed by atoms with Crippen molar-refractivity contribution in [1.82, 2.24) is 9.29 Å². The van der Waals surface area contributed by atoms with Gasteiger partial charge in [0.25, 0.3) is 0 Å². The van der Waals surface area contributed by atoms with E-state index in [0.29, 0.717) is 27.2 Å². The van der Waals surface area contributed by atoms with Gasteiger partial charge >= 0.3 is 0 Å². The molecule has 3 rings (SSSR count). The third-order valence-electron chi connectivity index (χ3n) is 4.07. The van der Waals surface area contributed by atoms with E-state index in [1.54, 1.807) is 12.1 Å². The molecule has 10 heteroatoms. The van der Waals surface area contributed by atoms with Gasteiger partial charge in [0.1, 0.15) is 0 Å². The number of rotatable bonds is 6. The number of likely N-dealkylation sites (N-methyl/N-ethyl adjacent to an activating group) is 2. The number of carbonyl (C=O) groups excluding carboxylic acids is 1. The van der Waals surface area contributed by atoms with Crippen LogP contribution in [0.3, 0.4) is 0 Å². The molecule has 0 aliphatic rings. The number of hydrogen-bond acceptors (Lipinski definition) is 5. The lowest BCUT2D eigenvalue weighted by molar-refractivity contribution is -0.118. The molecule has 148 valence electrons. The highest BCUT2D eigenvalue weighted by atomic mass is 35.5. The van der Waals surface area contributed by atoms with Gasteiger partial charge in [0.15, 0.2) is 5.13 Å². The highest BCUT2D eigenvalue weighted by Gasteiger charge is 2.26. The van der Waals surface area contributed by atoms with Crippen molar-refractivity contribution < 1.29 is 13.2 Å². The maximum Gasteiger partial charge on any atom is 0.244 e. The van der Waals surface area contributed by atoms with Crippen LogP contribution in [0.2, 0.25) is 10.0 Å². The average molecular weight is 458 g/mol. The smallest absolute Gasteiger partial charge is 0.244 e. The van der Waals surface area contributed by atoms with Crippen molar-refractivity contribution >= 4 is 65.8 Å². The number of thiazole rings is 1. The SMILES string of the molecule is CCN(C(=O)CN(C)S(=O)(=O)c1ccc(Cl)cc1)c1nc2cc(Cl)ccc2s1. The van der Waals surface area contributed by atoms with Gasteiger partial charge in [-0.15, -0.1) is 0 Å². The molecule has 0 atom stereocenters. The average Bonchev–Trinajstić information content (AvgIpc) is 3.05. The van der Waals surface area contributed by atoms with Crippen LogP contribution in [0, 0.1) is 0 Å². The summed E-state index contributed by atoms with van der Waals surface area (Å²) in [5, 5.41) is 1.50. The highest BCUT2D eigenvalue weighted by Crippen LogP contribution is 2.30. The monoisotopic (exact) mass is 457 g/mol. The number of fused-ring (bicyclic) bond motifs is 1. The van der Waals surface area contributed by atoms with Crippen LogP contribution < -0.4 is 4.90 Å². The highest BCUT2D eigenvalue weighted by molar-refractivity contribution is 7.89. The molecule has 28 heavy (non-hydrogen) atoms. The van der Waals surface area contributed by atoms with Crippen molar-refractivity contribution in [1.29, 1.82) is 0 Å². The molecule has 0 saturated carbocycles. The number of benzene rings is 2. The molecule has 0 fully saturated rings. The van der Waals surface area contributed by atoms with Crippen molar-refractivity contribution in [3.05, 3.63) is 52.5 Å². The Balaban J connectivity index is 1.81. The summed E-state index contributed by atoms with van der Waals surface area (Å²) < 4.78 is 27.3. The van der Waals surface area contributed by atoms with E-state index in [9.17, 15) is 13.2 Å². The molecule has 0 bridgehead atoms. The first kappa shape index (κ1) is 21.0. The van der Waals surface area contributed by atoms with E-state index >= 15 is 0 Å². The Labute approximate surface area is 177 Å². The Morgan fingerprint density at radius 2 is 1.75 bits per heavy atom. The fourth-order valence-corrected chi connectivity index (χ4v) is 5.01. The molecule has 0 N–H and O–H groups in total. The first-order valence-electron chi connectivity index (χ1n) is 8.30. The summed E-state index contributed by atoms with van der Waals surface area (Å²) in [6.07, 6.45) is 0. The topological polar surface area (TPSA) is 70.6 Å². The minimum atomic E-state index is -3.81. The Kier molecular flexibility index (Phi) is 6.26. The zero-order valence-electron chi connectivity index (χ0n) is 15.1. The van der Waals surface area contributed by atoms with E-state index < -0.39 is 10.0 Å². The number of nitrogens with zero attached hydrogens (tertiary/aromatic N) is 3. The van der Waals surface area contributed by atoms with Crippen molar-refractivity contribution in [2.75, 3.05) is 25.0 Å². The molecule has 1 aromatic heterocycles. The molecular weight excluding hydrogens is 441 g/mol. The Bertz CT molecular complexity index is 1110. The number of hydrogen-bond donors (Lipinski definition) is 0. The van der Waals surface area contributed by atoms with Gasteiger partial charge in [0.2, 0.25) is 15.9 Å². The van der Waals surface area contributed by atoms with E-state index in [1.165, 1.54) is 47.5 Å². The number of aromatic nitrogens is 1. The van der Waals surface area contributed by atoms with Crippen LogP contribution in [0.15, 0.2) is 47.4 Å². The normalized spacial score (nSPS) is 11.9. The lowest BCUT2D eigenvalue weighted by atomic mass is 10.3. The third kappa shape index (κ3) is 4.31. The fourth-order valence-electron chi connectivity index (χ4n) is 2.57. The van der Waals surface area contributed by atoms with Crippen LogP contribution in [0.1, 0.15) is 6.92 Å². The Hall–Kier alpha value is -1.71. The summed E-state index contributed by atoms with van der Waals surface area (Å²) in [5.41, 5.74) is 0.695. The Morgan fingerprint density at radius 3 is 2.39 bits per heavy atom. The molecule has 0 radical (unpaired) electrons. The summed E-state index contributed by atoms with van der Waals surface area (Å²) in [5.74, 6) is -0.368. The number of halogens is 2. The van der Waals surface area contributed by atoms with Crippen molar-refractivity contribution in [2.24, 2.45) is 0 Å². The first-order valence-corrected chi connectivity index (χ1v) is 11.3. The second-order valence-corrected chi connectivity index (χ2v) is 9.89. The zero-order chi connectivity index (χ0) is 20.5. The van der Waals surface area contributed by atoms with Gasteiger partial charge in [-0.3, -0.25) is 9.69 Å². The molecule has 0 spiro atoms. The van der Waals surface area contributed by atoms with Crippen LogP contribution >= 0.6 is 34.5 Å². The first-order chi connectivity index (χ1) is 13.2. The van der Waals surface area contributed by atoms with E-state index in [1.807, 2.05) is 13.0 Å². The van der Waals surface area contributed by atoms with Gasteiger partial charge < -0.3 is 0 Å². The van der Waals surface area contributed by atoms with Crippen LogP contribution in [-0.4, -0.2) is 43.8 Å². The third-order valence-corrected chi connectivity index (χ3v) is 7.43. The predicted molar refractivity (Wildman–Crippen MR) is 114 cm³/mol. The second kappa shape index (κ2) is 8.34. The molecule has 0 aliphatic carbocycles. The van der Waals surface area contributed by atoms with Gasteiger partial charge in [-0.2, -0.15) is 4.31 Å². The largest absolute Gasteiger partial charge is 0.287 e. The van der Waals surface area contributed by atoms with Gasteiger partial charge in [0, 0.05) is 23.6 Å². The fraction of sp³-hybridized carbons (Fsp3) is 0.222. The number of amides is 1. The number of anilines is 1. The van der Waals surface area contributed by atoms with Gasteiger partial charge in [-0.1, -0.05) is 34.5 Å². The van der Waals surface area contributed by atoms with Gasteiger partial charge in [-0.25, -0.2) is 13.4 Å². The lowest BCUT2D eigenvalue weighted by Gasteiger charge is -2.22. The summed E-state index contributed by atoms with van der Waals surface area (Å²) in [6, 6.07) is 11.1. The van der Waals surface area contributed by atoms with E-state index in [0.717, 1.165) is 9.01 Å². The second-order valence-electron chi connectivity index (χ2n) is 5.96.